The van der Waals surface area contributed by atoms with Crippen molar-refractivity contribution < 1.29 is 0 Å². The second-order valence-corrected chi connectivity index (χ2v) is 38.7. The molecule has 0 N–H and O–H groups in total. The third kappa shape index (κ3) is 19.7. The molecule has 0 heterocycles. The quantitative estimate of drug-likeness (QED) is 0.0440. The van der Waals surface area contributed by atoms with Crippen molar-refractivity contribution in [2.75, 3.05) is 29.4 Å². The fourth-order valence-electron chi connectivity index (χ4n) is 21.1. The molecule has 0 aliphatic heterocycles. The topological polar surface area (TPSA) is 19.4 Å². The third-order valence-electron chi connectivity index (χ3n) is 28.6. The number of anilines is 18. The summed E-state index contributed by atoms with van der Waals surface area (Å²) in [4.78, 5) is 14.4. The van der Waals surface area contributed by atoms with E-state index in [1.165, 1.54) is 132 Å². The Morgan fingerprint density at radius 2 is 0.260 bits per heavy atom. The normalized spacial score (nSPS) is 11.2. The lowest BCUT2D eigenvalue weighted by atomic mass is 9.95. The van der Waals surface area contributed by atoms with Crippen molar-refractivity contribution in [2.45, 2.75) is 39.5 Å². The van der Waals surface area contributed by atoms with Crippen LogP contribution in [0.4, 0.5) is 102 Å². The Hall–Kier alpha value is -19.1. The van der Waals surface area contributed by atoms with Crippen LogP contribution in [0.25, 0.3) is 109 Å². The van der Waals surface area contributed by atoms with E-state index in [1.807, 2.05) is 0 Å². The molecule has 0 unspecified atom stereocenters. The van der Waals surface area contributed by atoms with Crippen LogP contribution in [0.3, 0.4) is 0 Å². The van der Waals surface area contributed by atoms with Crippen LogP contribution < -0.4 is 29.4 Å². The number of para-hydroxylation sites is 4. The van der Waals surface area contributed by atoms with Gasteiger partial charge in [-0.3, -0.25) is 0 Å². The van der Waals surface area contributed by atoms with Crippen LogP contribution >= 0.6 is 0 Å². The summed E-state index contributed by atoms with van der Waals surface area (Å²) in [5.41, 5.74) is 32.5. The average molecular weight is 1930 g/mol. The largest absolute Gasteiger partial charge is 0.311 e. The van der Waals surface area contributed by atoms with Crippen LogP contribution in [-0.2, 0) is 0 Å². The molecule has 0 bridgehead atoms. The van der Waals surface area contributed by atoms with E-state index < -0.39 is 0 Å². The molecule has 0 amide bonds. The molecular formula is C144H112N6. The van der Waals surface area contributed by atoms with E-state index >= 15 is 0 Å². The van der Waals surface area contributed by atoms with Gasteiger partial charge in [0.25, 0.3) is 0 Å². The van der Waals surface area contributed by atoms with E-state index in [-0.39, 0.29) is 0 Å². The second kappa shape index (κ2) is 43.4. The summed E-state index contributed by atoms with van der Waals surface area (Å²) >= 11 is 0. The van der Waals surface area contributed by atoms with Gasteiger partial charge in [-0.05, 0) is 259 Å². The van der Waals surface area contributed by atoms with E-state index in [1.54, 1.807) is 0 Å². The molecule has 0 aliphatic carbocycles. The van der Waals surface area contributed by atoms with Gasteiger partial charge in [-0.2, -0.15) is 0 Å². The van der Waals surface area contributed by atoms with Gasteiger partial charge in [0.15, 0.2) is 0 Å². The molecule has 0 spiro atoms. The van der Waals surface area contributed by atoms with Crippen LogP contribution in [0.5, 0.6) is 0 Å². The molecule has 25 aromatic carbocycles. The predicted molar refractivity (Wildman–Crippen MR) is 642 cm³/mol. The molecule has 25 aromatic rings. The SMILES string of the molecule is CC(C)c1ccc(N(c2ccc(C(C)C)cc2)c2c3ccccc3c(N(c3ccccc3)c3ccccc3)c3ccccc23)cc1.c1ccc(-c2ccc(N(c3ccc(-c4ccccc4)cc3)c3ccc(N(c4ccc5ccccc5c4)c4ccc5ccccc5c4)cc3)cc2)cc1.c1ccc(-c2ccc(N(c3ccccc3)c3c4ccccc4c(N(c4ccccc4)c4ccc(-c5ccccc5)cc4)c4ccccc34)cc2)cc1. The first-order chi connectivity index (χ1) is 74.1. The van der Waals surface area contributed by atoms with Gasteiger partial charge < -0.3 is 29.4 Å². The van der Waals surface area contributed by atoms with E-state index in [9.17, 15) is 0 Å². The number of nitrogens with zero attached hydrogens (tertiary/aromatic N) is 6. The van der Waals surface area contributed by atoms with Crippen molar-refractivity contribution in [3.8, 4) is 44.5 Å². The average Bonchev–Trinajstić information content (AvgIpc) is 0.724. The minimum Gasteiger partial charge on any atom is -0.311 e. The second-order valence-electron chi connectivity index (χ2n) is 38.7. The fourth-order valence-corrected chi connectivity index (χ4v) is 21.1. The summed E-state index contributed by atoms with van der Waals surface area (Å²) < 4.78 is 0. The van der Waals surface area contributed by atoms with E-state index in [2.05, 4.69) is 652 Å². The Balaban J connectivity index is 0.000000124. The van der Waals surface area contributed by atoms with Crippen molar-refractivity contribution >= 4 is 167 Å². The van der Waals surface area contributed by atoms with Crippen LogP contribution in [0.2, 0.25) is 0 Å². The Morgan fingerprint density at radius 3 is 0.473 bits per heavy atom. The molecule has 0 aliphatic rings. The monoisotopic (exact) mass is 1920 g/mol. The highest BCUT2D eigenvalue weighted by atomic mass is 15.2. The maximum atomic E-state index is 2.46. The Kier molecular flexibility index (Phi) is 27.3. The maximum Gasteiger partial charge on any atom is 0.0619 e. The molecule has 0 fully saturated rings. The lowest BCUT2D eigenvalue weighted by Crippen LogP contribution is -2.14. The van der Waals surface area contributed by atoms with Crippen molar-refractivity contribution in [3.05, 3.63) is 606 Å². The summed E-state index contributed by atoms with van der Waals surface area (Å²) in [6.45, 7) is 9.01. The molecule has 150 heavy (non-hydrogen) atoms. The summed E-state index contributed by atoms with van der Waals surface area (Å²) in [5.74, 6) is 0.937. The molecule has 0 radical (unpaired) electrons. The van der Waals surface area contributed by atoms with Crippen LogP contribution in [0.15, 0.2) is 595 Å². The molecule has 0 aromatic heterocycles. The van der Waals surface area contributed by atoms with Crippen molar-refractivity contribution in [3.63, 3.8) is 0 Å². The fraction of sp³-hybridized carbons (Fsp3) is 0.0417. The molecule has 25 rings (SSSR count). The lowest BCUT2D eigenvalue weighted by Gasteiger charge is -2.33. The van der Waals surface area contributed by atoms with Gasteiger partial charge in [0.2, 0.25) is 0 Å². The molecule has 6 heteroatoms. The first-order valence-electron chi connectivity index (χ1n) is 51.9. The molecule has 0 saturated heterocycles. The first-order valence-corrected chi connectivity index (χ1v) is 51.9. The number of benzene rings is 25. The smallest absolute Gasteiger partial charge is 0.0619 e. The Bertz CT molecular complexity index is 8370. The number of rotatable bonds is 24. The third-order valence-corrected chi connectivity index (χ3v) is 28.6. The van der Waals surface area contributed by atoms with E-state index in [4.69, 9.17) is 0 Å². The summed E-state index contributed by atoms with van der Waals surface area (Å²) in [7, 11) is 0. The minimum absolute atomic E-state index is 0.468. The van der Waals surface area contributed by atoms with Gasteiger partial charge >= 0.3 is 0 Å². The van der Waals surface area contributed by atoms with Crippen LogP contribution in [0, 0.1) is 0 Å². The zero-order valence-corrected chi connectivity index (χ0v) is 84.4. The van der Waals surface area contributed by atoms with Gasteiger partial charge in [0, 0.05) is 123 Å². The standard InChI is InChI=1S/2C50H36N2.C44H40N2/c1-5-17-37(18-6-1)39-29-33-43(34-30-39)51(41-21-9-3-10-22-41)49-45-25-13-15-27-47(45)50(48-28-16-14-26-46(48)49)52(42-23-11-4-12-24-42)44-35-31-40(32-36-44)38-19-7-2-8-20-38;1-3-11-37(12-4-1)41-19-25-45(26-20-41)51(46-27-21-42(22-28-46)38-13-5-2-6-14-38)47-31-33-48(34-32-47)52(49-29-23-39-15-7-9-17-43(39)35-49)50-30-24-40-16-8-10-18-44(40)36-50;1-31(2)33-23-27-37(28-24-33)46(38-29-25-34(26-30-38)32(3)4)44-41-21-13-11-19-39(41)43(40-20-12-14-22-42(40)44)45(35-15-7-5-8-16-35)36-17-9-6-10-18-36/h2*1-36H;5-32H,1-4H3. The van der Waals surface area contributed by atoms with Crippen molar-refractivity contribution in [2.24, 2.45) is 0 Å². The first kappa shape index (κ1) is 94.4. The molecular weight excluding hydrogens is 1810 g/mol. The zero-order valence-electron chi connectivity index (χ0n) is 84.4. The highest BCUT2D eigenvalue weighted by Gasteiger charge is 2.30. The zero-order chi connectivity index (χ0) is 101. The summed E-state index contributed by atoms with van der Waals surface area (Å²) in [6, 6.07) is 214. The van der Waals surface area contributed by atoms with Gasteiger partial charge in [0.1, 0.15) is 0 Å². The lowest BCUT2D eigenvalue weighted by molar-refractivity contribution is 0.866. The summed E-state index contributed by atoms with van der Waals surface area (Å²) in [6.07, 6.45) is 0. The number of hydrogen-bond acceptors (Lipinski definition) is 6. The van der Waals surface area contributed by atoms with Gasteiger partial charge in [0.05, 0.1) is 22.7 Å². The molecule has 718 valence electrons. The van der Waals surface area contributed by atoms with E-state index in [0.29, 0.717) is 11.8 Å². The molecule has 0 saturated carbocycles. The Labute approximate surface area is 879 Å². The minimum atomic E-state index is 0.468. The molecule has 0 atom stereocenters. The van der Waals surface area contributed by atoms with Crippen LogP contribution in [0.1, 0.15) is 50.7 Å². The number of fused-ring (bicyclic) bond motifs is 6. The van der Waals surface area contributed by atoms with Crippen LogP contribution in [-0.4, -0.2) is 0 Å². The van der Waals surface area contributed by atoms with Gasteiger partial charge in [-0.25, -0.2) is 0 Å². The number of hydrogen-bond donors (Lipinski definition) is 0. The highest BCUT2D eigenvalue weighted by molar-refractivity contribution is 6.25. The van der Waals surface area contributed by atoms with E-state index in [0.717, 1.165) is 91.0 Å². The Morgan fingerprint density at radius 1 is 0.113 bits per heavy atom. The predicted octanol–water partition coefficient (Wildman–Crippen LogP) is 41.7. The highest BCUT2D eigenvalue weighted by Crippen LogP contribution is 2.55. The van der Waals surface area contributed by atoms with Crippen molar-refractivity contribution in [1.82, 2.24) is 0 Å². The van der Waals surface area contributed by atoms with Crippen molar-refractivity contribution in [1.29, 1.82) is 0 Å². The maximum absolute atomic E-state index is 2.46. The van der Waals surface area contributed by atoms with Gasteiger partial charge in [-0.15, -0.1) is 0 Å². The summed E-state index contributed by atoms with van der Waals surface area (Å²) in [5, 5.41) is 14.4. The van der Waals surface area contributed by atoms with Gasteiger partial charge in [-0.1, -0.05) is 452 Å². The molecule has 6 nitrogen and oxygen atoms in total.